The molecule has 0 saturated heterocycles. The van der Waals surface area contributed by atoms with Crippen LogP contribution < -0.4 is 9.64 Å². The summed E-state index contributed by atoms with van der Waals surface area (Å²) < 4.78 is 7.48. The molecule has 1 aliphatic carbocycles. The van der Waals surface area contributed by atoms with E-state index in [1.54, 1.807) is 0 Å². The molecule has 1 aliphatic heterocycles. The van der Waals surface area contributed by atoms with Crippen molar-refractivity contribution in [3.63, 3.8) is 0 Å². The van der Waals surface area contributed by atoms with Crippen molar-refractivity contribution in [1.29, 1.82) is 0 Å². The Bertz CT molecular complexity index is 3340. The lowest BCUT2D eigenvalue weighted by atomic mass is 9.82. The molecule has 0 fully saturated rings. The third-order valence-electron chi connectivity index (χ3n) is 12.8. The molecule has 0 aromatic heterocycles. The highest BCUT2D eigenvalue weighted by Crippen LogP contribution is 2.57. The zero-order chi connectivity index (χ0) is 39.2. The Kier molecular flexibility index (Phi) is 7.31. The van der Waals surface area contributed by atoms with E-state index >= 15 is 0 Å². The lowest BCUT2D eigenvalue weighted by Crippen LogP contribution is -2.17. The lowest BCUT2D eigenvalue weighted by Gasteiger charge is -2.31. The lowest BCUT2D eigenvalue weighted by molar-refractivity contribution is 0.489. The van der Waals surface area contributed by atoms with Crippen molar-refractivity contribution in [2.45, 2.75) is 19.3 Å². The van der Waals surface area contributed by atoms with E-state index in [2.05, 4.69) is 219 Å². The highest BCUT2D eigenvalue weighted by atomic mass is 16.5. The Morgan fingerprint density at radius 3 is 1.86 bits per heavy atom. The van der Waals surface area contributed by atoms with Crippen LogP contribution in [0.5, 0.6) is 11.5 Å². The van der Waals surface area contributed by atoms with Gasteiger partial charge >= 0.3 is 0 Å². The van der Waals surface area contributed by atoms with Crippen molar-refractivity contribution in [3.8, 4) is 56.0 Å². The number of ether oxygens (including phenoxy) is 1. The monoisotopic (exact) mass is 753 g/mol. The molecule has 12 rings (SSSR count). The molecule has 278 valence electrons. The molecular weight excluding hydrogens is 715 g/mol. The van der Waals surface area contributed by atoms with Gasteiger partial charge in [-0.2, -0.15) is 0 Å². The first-order valence-electron chi connectivity index (χ1n) is 20.5. The number of fused-ring (bicyclic) bond motifs is 12. The van der Waals surface area contributed by atoms with Crippen molar-refractivity contribution in [2.75, 3.05) is 4.90 Å². The summed E-state index contributed by atoms with van der Waals surface area (Å²) >= 11 is 0. The second-order valence-electron chi connectivity index (χ2n) is 16.4. The Morgan fingerprint density at radius 2 is 1.02 bits per heavy atom. The molecule has 0 bridgehead atoms. The predicted molar refractivity (Wildman–Crippen MR) is 248 cm³/mol. The van der Waals surface area contributed by atoms with Crippen LogP contribution in [0.15, 0.2) is 200 Å². The maximum absolute atomic E-state index is 7.48. The Labute approximate surface area is 344 Å². The van der Waals surface area contributed by atoms with Crippen molar-refractivity contribution >= 4 is 49.4 Å². The van der Waals surface area contributed by atoms with Crippen LogP contribution in [0.1, 0.15) is 25.0 Å². The minimum atomic E-state index is -0.174. The fourth-order valence-electron chi connectivity index (χ4n) is 10.0. The van der Waals surface area contributed by atoms with E-state index < -0.39 is 0 Å². The highest BCUT2D eigenvalue weighted by molar-refractivity contribution is 6.15. The summed E-state index contributed by atoms with van der Waals surface area (Å²) in [5.74, 6) is 1.67. The van der Waals surface area contributed by atoms with Gasteiger partial charge in [0.1, 0.15) is 5.75 Å². The molecule has 10 aromatic carbocycles. The highest BCUT2D eigenvalue weighted by Gasteiger charge is 2.36. The summed E-state index contributed by atoms with van der Waals surface area (Å²) in [4.78, 5) is 2.46. The van der Waals surface area contributed by atoms with Gasteiger partial charge in [-0.15, -0.1) is 0 Å². The first-order chi connectivity index (χ1) is 29.0. The van der Waals surface area contributed by atoms with Crippen LogP contribution in [0.2, 0.25) is 0 Å². The fourth-order valence-corrected chi connectivity index (χ4v) is 10.0. The summed E-state index contributed by atoms with van der Waals surface area (Å²) in [6.07, 6.45) is 0. The van der Waals surface area contributed by atoms with Crippen molar-refractivity contribution in [1.82, 2.24) is 0 Å². The molecule has 1 heterocycles. The molecule has 10 aromatic rings. The number of rotatable bonds is 4. The minimum Gasteiger partial charge on any atom is -0.454 e. The fraction of sp³-hybridized carbons (Fsp3) is 0.0526. The molecule has 0 spiro atoms. The van der Waals surface area contributed by atoms with Gasteiger partial charge < -0.3 is 9.64 Å². The third-order valence-corrected chi connectivity index (χ3v) is 12.8. The van der Waals surface area contributed by atoms with Gasteiger partial charge in [-0.1, -0.05) is 178 Å². The standard InChI is InChI=1S/C57H39NO/c1-57(2)50-28-13-12-23-44(50)45-31-30-40(35-51(45)57)58(53-33-39-20-8-9-21-41(39)43-22-10-11-24-46(43)53)52-29-15-27-48-55-42(36-16-4-3-5-17-36)25-14-26-47(55)49-32-37-18-6-7-19-38(37)34-54(49)59-56(48)52/h3-35H,1-2H3. The van der Waals surface area contributed by atoms with E-state index in [1.165, 1.54) is 65.9 Å². The molecule has 2 nitrogen and oxygen atoms in total. The maximum atomic E-state index is 7.48. The second-order valence-corrected chi connectivity index (χ2v) is 16.4. The average molecular weight is 754 g/mol. The van der Waals surface area contributed by atoms with Gasteiger partial charge in [0.05, 0.1) is 11.4 Å². The van der Waals surface area contributed by atoms with Crippen LogP contribution >= 0.6 is 0 Å². The zero-order valence-corrected chi connectivity index (χ0v) is 32.9. The van der Waals surface area contributed by atoms with E-state index in [0.29, 0.717) is 0 Å². The third kappa shape index (κ3) is 5.06. The normalized spacial score (nSPS) is 13.2. The average Bonchev–Trinajstić information content (AvgIpc) is 3.41. The number of benzene rings is 10. The van der Waals surface area contributed by atoms with E-state index in [9.17, 15) is 0 Å². The molecule has 0 N–H and O–H groups in total. The molecule has 59 heavy (non-hydrogen) atoms. The van der Waals surface area contributed by atoms with Gasteiger partial charge in [0.2, 0.25) is 0 Å². The molecule has 0 atom stereocenters. The number of hydrogen-bond acceptors (Lipinski definition) is 2. The molecular formula is C57H39NO. The molecule has 2 heteroatoms. The first kappa shape index (κ1) is 33.7. The van der Waals surface area contributed by atoms with Crippen LogP contribution in [-0.2, 0) is 5.41 Å². The van der Waals surface area contributed by atoms with E-state index in [4.69, 9.17) is 4.74 Å². The topological polar surface area (TPSA) is 12.5 Å². The second kappa shape index (κ2) is 12.8. The predicted octanol–water partition coefficient (Wildman–Crippen LogP) is 16.0. The van der Waals surface area contributed by atoms with Crippen molar-refractivity contribution in [2.24, 2.45) is 0 Å². The van der Waals surface area contributed by atoms with Gasteiger partial charge in [0.15, 0.2) is 5.75 Å². The number of para-hydroxylation sites is 1. The van der Waals surface area contributed by atoms with Gasteiger partial charge in [-0.3, -0.25) is 0 Å². The number of nitrogens with zero attached hydrogens (tertiary/aromatic N) is 1. The smallest absolute Gasteiger partial charge is 0.159 e. The van der Waals surface area contributed by atoms with Crippen LogP contribution in [0, 0.1) is 0 Å². The van der Waals surface area contributed by atoms with E-state index in [0.717, 1.165) is 50.6 Å². The van der Waals surface area contributed by atoms with Gasteiger partial charge in [0, 0.05) is 33.2 Å². The van der Waals surface area contributed by atoms with Crippen LogP contribution in [0.3, 0.4) is 0 Å². The molecule has 0 radical (unpaired) electrons. The van der Waals surface area contributed by atoms with Gasteiger partial charge in [-0.25, -0.2) is 0 Å². The summed E-state index contributed by atoms with van der Waals surface area (Å²) in [6.45, 7) is 4.72. The first-order valence-corrected chi connectivity index (χ1v) is 20.5. The molecule has 0 unspecified atom stereocenters. The Balaban J connectivity index is 1.19. The van der Waals surface area contributed by atoms with Gasteiger partial charge in [0.25, 0.3) is 0 Å². The number of anilines is 3. The summed E-state index contributed by atoms with van der Waals surface area (Å²) in [5, 5.41) is 7.15. The van der Waals surface area contributed by atoms with Crippen molar-refractivity contribution in [3.05, 3.63) is 211 Å². The molecule has 0 saturated carbocycles. The van der Waals surface area contributed by atoms with E-state index in [-0.39, 0.29) is 5.41 Å². The SMILES string of the molecule is CC1(C)c2ccccc2-c2ccc(N(c3cccc4c3Oc3cc5ccccc5cc3-c3cccc(-c5ccccc5)c3-4)c3cc4ccccc4c4ccccc34)cc21. The minimum absolute atomic E-state index is 0.174. The van der Waals surface area contributed by atoms with Crippen LogP contribution in [-0.4, -0.2) is 0 Å². The van der Waals surface area contributed by atoms with Crippen molar-refractivity contribution < 1.29 is 4.74 Å². The Morgan fingerprint density at radius 1 is 0.390 bits per heavy atom. The summed E-state index contributed by atoms with van der Waals surface area (Å²) in [6, 6.07) is 73.2. The number of hydrogen-bond donors (Lipinski definition) is 0. The maximum Gasteiger partial charge on any atom is 0.159 e. The van der Waals surface area contributed by atoms with Crippen LogP contribution in [0.4, 0.5) is 17.1 Å². The quantitative estimate of drug-likeness (QED) is 0.166. The largest absolute Gasteiger partial charge is 0.454 e. The summed E-state index contributed by atoms with van der Waals surface area (Å²) in [5.41, 5.74) is 15.1. The van der Waals surface area contributed by atoms with Gasteiger partial charge in [-0.05, 0) is 102 Å². The van der Waals surface area contributed by atoms with E-state index in [1.807, 2.05) is 0 Å². The van der Waals surface area contributed by atoms with Crippen LogP contribution in [0.25, 0.3) is 76.8 Å². The molecule has 2 aliphatic rings. The molecule has 0 amide bonds. The zero-order valence-electron chi connectivity index (χ0n) is 32.9. The summed E-state index contributed by atoms with van der Waals surface area (Å²) in [7, 11) is 0. The Hall–Kier alpha value is -7.42.